The fraction of sp³-hybridized carbons (Fsp3) is 0.0588. The van der Waals surface area contributed by atoms with E-state index in [2.05, 4.69) is 12.1 Å². The first-order chi connectivity index (χ1) is 11.8. The minimum Gasteiger partial charge on any atom is -0.287 e. The maximum absolute atomic E-state index is 12.1. The van der Waals surface area contributed by atoms with Gasteiger partial charge in [-0.3, -0.25) is 4.79 Å². The van der Waals surface area contributed by atoms with Crippen LogP contribution in [0.2, 0.25) is 0 Å². The van der Waals surface area contributed by atoms with E-state index in [0.717, 1.165) is 10.9 Å². The molecule has 1 heterocycles. The van der Waals surface area contributed by atoms with E-state index in [-0.39, 0.29) is 5.78 Å². The zero-order valence-corrected chi connectivity index (χ0v) is 14.1. The molecule has 0 aliphatic rings. The molecule has 9 heteroatoms. The zero-order valence-electron chi connectivity index (χ0n) is 13.2. The Morgan fingerprint density at radius 2 is 1.27 bits per heavy atom. The van der Waals surface area contributed by atoms with Gasteiger partial charge in [0, 0.05) is 17.0 Å². The number of aromatic nitrogens is 1. The Morgan fingerprint density at radius 3 is 1.85 bits per heavy atom. The summed E-state index contributed by atoms with van der Waals surface area (Å²) in [6.45, 7) is 0.370. The standard InChI is InChI=1S/C17H14NO.F6P/c19-17(15-7-2-1-3-8-15)13-18-11-10-14-6-4-5-9-16(14)12-18;1-7(2,3,4,5)6/h1-12H,13H2;/q+1;-1. The van der Waals surface area contributed by atoms with E-state index in [1.54, 1.807) is 0 Å². The summed E-state index contributed by atoms with van der Waals surface area (Å²) in [5.41, 5.74) is 0.753. The van der Waals surface area contributed by atoms with Crippen molar-refractivity contribution in [2.45, 2.75) is 6.54 Å². The molecule has 0 radical (unpaired) electrons. The molecule has 0 saturated carbocycles. The molecule has 2 nitrogen and oxygen atoms in total. The molecule has 0 unspecified atom stereocenters. The van der Waals surface area contributed by atoms with E-state index in [9.17, 15) is 30.0 Å². The predicted molar refractivity (Wildman–Crippen MR) is 88.5 cm³/mol. The molecule has 0 saturated heterocycles. The van der Waals surface area contributed by atoms with E-state index in [1.807, 2.05) is 65.5 Å². The number of pyridine rings is 1. The molecule has 0 atom stereocenters. The number of benzene rings is 2. The molecule has 2 aromatic carbocycles. The Hall–Kier alpha value is -2.47. The molecule has 0 amide bonds. The number of hydrogen-bond acceptors (Lipinski definition) is 1. The van der Waals surface area contributed by atoms with Gasteiger partial charge in [-0.15, -0.1) is 0 Å². The van der Waals surface area contributed by atoms with Crippen molar-refractivity contribution in [3.05, 3.63) is 78.6 Å². The van der Waals surface area contributed by atoms with Crippen molar-refractivity contribution in [2.24, 2.45) is 0 Å². The monoisotopic (exact) mass is 393 g/mol. The largest absolute Gasteiger partial charge is 0.287 e. The van der Waals surface area contributed by atoms with Gasteiger partial charge in [-0.05, 0) is 11.5 Å². The first-order valence-corrected chi connectivity index (χ1v) is 9.33. The first kappa shape index (κ1) is 19.8. The maximum atomic E-state index is 12.1. The number of rotatable bonds is 3. The van der Waals surface area contributed by atoms with Crippen molar-refractivity contribution < 1.29 is 34.5 Å². The molecule has 0 bridgehead atoms. The Balaban J connectivity index is 0.000000298. The number of nitrogens with zero attached hydrogens (tertiary/aromatic N) is 1. The van der Waals surface area contributed by atoms with Crippen molar-refractivity contribution in [2.75, 3.05) is 0 Å². The van der Waals surface area contributed by atoms with Gasteiger partial charge in [-0.2, -0.15) is 4.57 Å². The van der Waals surface area contributed by atoms with Gasteiger partial charge < -0.3 is 0 Å². The van der Waals surface area contributed by atoms with Crippen LogP contribution in [0.4, 0.5) is 25.2 Å². The summed E-state index contributed by atoms with van der Waals surface area (Å²) in [4.78, 5) is 12.1. The fourth-order valence-electron chi connectivity index (χ4n) is 2.16. The molecule has 1 aromatic heterocycles. The number of carbonyl (C=O) groups is 1. The normalized spacial score (nSPS) is 13.9. The quantitative estimate of drug-likeness (QED) is 0.219. The van der Waals surface area contributed by atoms with Crippen LogP contribution in [0.5, 0.6) is 0 Å². The molecular weight excluding hydrogens is 379 g/mol. The third-order valence-electron chi connectivity index (χ3n) is 3.17. The third kappa shape index (κ3) is 8.07. The average molecular weight is 393 g/mol. The Kier molecular flexibility index (Phi) is 4.85. The third-order valence-corrected chi connectivity index (χ3v) is 3.17. The molecule has 26 heavy (non-hydrogen) atoms. The van der Waals surface area contributed by atoms with Crippen LogP contribution in [-0.2, 0) is 6.54 Å². The van der Waals surface area contributed by atoms with Crippen LogP contribution in [0.1, 0.15) is 10.4 Å². The minimum atomic E-state index is -10.7. The van der Waals surface area contributed by atoms with Gasteiger partial charge in [0.15, 0.2) is 12.4 Å². The average Bonchev–Trinajstić information content (AvgIpc) is 2.52. The van der Waals surface area contributed by atoms with E-state index in [1.165, 1.54) is 5.39 Å². The van der Waals surface area contributed by atoms with Gasteiger partial charge in [-0.1, -0.05) is 48.5 Å². The molecule has 0 spiro atoms. The summed E-state index contributed by atoms with van der Waals surface area (Å²) in [5.74, 6) is 0.126. The van der Waals surface area contributed by atoms with Crippen molar-refractivity contribution in [3.8, 4) is 0 Å². The van der Waals surface area contributed by atoms with Crippen LogP contribution >= 0.6 is 7.81 Å². The number of hydrogen-bond donors (Lipinski definition) is 0. The molecular formula is C17H14F6NOP. The molecule has 3 aromatic rings. The second-order valence-corrected chi connectivity index (χ2v) is 7.41. The molecule has 0 fully saturated rings. The second-order valence-electron chi connectivity index (χ2n) is 5.49. The van der Waals surface area contributed by atoms with Gasteiger partial charge in [0.1, 0.15) is 0 Å². The van der Waals surface area contributed by atoms with Crippen molar-refractivity contribution in [1.82, 2.24) is 0 Å². The molecule has 140 valence electrons. The van der Waals surface area contributed by atoms with Crippen LogP contribution in [0, 0.1) is 0 Å². The first-order valence-electron chi connectivity index (χ1n) is 7.30. The van der Waals surface area contributed by atoms with Gasteiger partial charge in [0.2, 0.25) is 12.3 Å². The van der Waals surface area contributed by atoms with Crippen LogP contribution in [0.3, 0.4) is 0 Å². The Morgan fingerprint density at radius 1 is 0.769 bits per heavy atom. The summed E-state index contributed by atoms with van der Waals surface area (Å²) in [6, 6.07) is 19.6. The smallest absolute Gasteiger partial charge is 0.227 e. The Bertz CT molecular complexity index is 915. The van der Waals surface area contributed by atoms with Crippen LogP contribution in [0.25, 0.3) is 10.8 Å². The van der Waals surface area contributed by atoms with Crippen LogP contribution in [-0.4, -0.2) is 5.78 Å². The zero-order chi connectivity index (χ0) is 19.5. The van der Waals surface area contributed by atoms with Crippen LogP contribution < -0.4 is 4.57 Å². The van der Waals surface area contributed by atoms with E-state index in [4.69, 9.17) is 0 Å². The molecule has 3 rings (SSSR count). The van der Waals surface area contributed by atoms with Crippen molar-refractivity contribution >= 4 is 24.4 Å². The molecule has 0 N–H and O–H groups in total. The minimum absolute atomic E-state index is 0.126. The van der Waals surface area contributed by atoms with Gasteiger partial charge in [0.25, 0.3) is 0 Å². The summed E-state index contributed by atoms with van der Waals surface area (Å²) in [5, 5.41) is 2.33. The van der Waals surface area contributed by atoms with Crippen LogP contribution in [0.15, 0.2) is 73.1 Å². The summed E-state index contributed by atoms with van der Waals surface area (Å²) < 4.78 is 61.1. The summed E-state index contributed by atoms with van der Waals surface area (Å²) in [7, 11) is -10.7. The number of carbonyl (C=O) groups excluding carboxylic acids is 1. The maximum Gasteiger partial charge on any atom is 0.227 e. The number of Topliss-reactive ketones (excluding diaryl/α,β-unsaturated/α-hetero) is 1. The van der Waals surface area contributed by atoms with E-state index < -0.39 is 7.81 Å². The molecule has 0 aliphatic carbocycles. The van der Waals surface area contributed by atoms with E-state index >= 15 is 0 Å². The number of ketones is 1. The van der Waals surface area contributed by atoms with Crippen molar-refractivity contribution in [1.29, 1.82) is 0 Å². The topological polar surface area (TPSA) is 20.9 Å². The van der Waals surface area contributed by atoms with Gasteiger partial charge >= 0.3 is 33.0 Å². The fourth-order valence-corrected chi connectivity index (χ4v) is 2.16. The molecule has 0 aliphatic heterocycles. The van der Waals surface area contributed by atoms with E-state index in [0.29, 0.717) is 6.54 Å². The summed E-state index contributed by atoms with van der Waals surface area (Å²) >= 11 is 0. The van der Waals surface area contributed by atoms with Gasteiger partial charge in [0.05, 0.1) is 0 Å². The second kappa shape index (κ2) is 6.36. The van der Waals surface area contributed by atoms with Crippen molar-refractivity contribution in [3.63, 3.8) is 0 Å². The number of halogens is 6. The summed E-state index contributed by atoms with van der Waals surface area (Å²) in [6.07, 6.45) is 3.96. The Labute approximate surface area is 144 Å². The number of fused-ring (bicyclic) bond motifs is 1. The van der Waals surface area contributed by atoms with Gasteiger partial charge in [-0.25, -0.2) is 0 Å². The SMILES string of the molecule is F[P-](F)(F)(F)(F)F.O=C(C[n+]1ccc2ccccc2c1)c1ccccc1. The predicted octanol–water partition coefficient (Wildman–Crippen LogP) is 6.39.